The summed E-state index contributed by atoms with van der Waals surface area (Å²) in [5, 5.41) is 38.6. The van der Waals surface area contributed by atoms with Gasteiger partial charge in [0.15, 0.2) is 0 Å². The number of piperidine rings is 8. The fraction of sp³-hybridized carbons (Fsp3) is 0.891. The fourth-order valence-electron chi connectivity index (χ4n) is 27.7. The molecule has 0 amide bonds. The maximum Gasteiger partial charge on any atom is 0.229 e. The average Bonchev–Trinajstić information content (AvgIpc) is 0.811. The molecule has 10 N–H and O–H groups in total. The summed E-state index contributed by atoms with van der Waals surface area (Å²) in [5.74, 6) is 8.84. The van der Waals surface area contributed by atoms with Crippen molar-refractivity contribution >= 4 is 59.5 Å². The molecule has 0 bridgehead atoms. The summed E-state index contributed by atoms with van der Waals surface area (Å²) < 4.78 is 0. The van der Waals surface area contributed by atoms with Gasteiger partial charge in [-0.05, 0) is 470 Å². The monoisotopic (exact) mass is 1980 g/mol. The molecule has 8 saturated heterocycles. The van der Waals surface area contributed by atoms with Crippen molar-refractivity contribution in [3.8, 4) is 0 Å². The number of likely N-dealkylation sites (tertiary alicyclic amines) is 8. The van der Waals surface area contributed by atoms with E-state index in [1.165, 1.54) is 0 Å². The van der Waals surface area contributed by atoms with E-state index in [1.807, 2.05) is 0 Å². The van der Waals surface area contributed by atoms with Crippen molar-refractivity contribution in [2.45, 2.75) is 501 Å². The van der Waals surface area contributed by atoms with Gasteiger partial charge in [0, 0.05) is 164 Å². The zero-order chi connectivity index (χ0) is 105. The first-order valence-electron chi connectivity index (χ1n) is 55.3. The number of hydrogen-bond donors (Lipinski definition) is 10. The van der Waals surface area contributed by atoms with E-state index >= 15 is 0 Å². The second-order valence-electron chi connectivity index (χ2n) is 55.8. The number of anilines is 10. The maximum absolute atomic E-state index is 5.32. The minimum atomic E-state index is -0.0226. The third-order valence-corrected chi connectivity index (χ3v) is 37.1. The number of hydrogen-bond acceptors (Lipinski definition) is 32. The van der Waals surface area contributed by atoms with Crippen LogP contribution in [0.1, 0.15) is 374 Å². The molecule has 0 atom stereocenters. The van der Waals surface area contributed by atoms with Crippen molar-refractivity contribution in [3.63, 3.8) is 0 Å². The van der Waals surface area contributed by atoms with E-state index in [4.69, 9.17) is 59.8 Å². The SMILES string of the molecule is CN1C(C)(C)CC(Cc2nc(NCCCN(CCCCN(CCCNc3nc(CC4CC(C)(C)N(C)C(C)(C)C4)nc(NC4CC(C)(C)N(C)C(C)(C)C4)n3)CCCNc3nc(NC4CC(C)(C)N(C)C(C)(C)C4)nc(NC4CC(C)(C)N(C)C(C)(C)C4)n3)CCCNc3nc(NC4CC(C)(C)N(C)C(C)(C)C4)nc(NC4CC(C)(C)N(C)C(C)(C)C4)n3)nc(NC3CC(C)(C)N(C)C(C)(C)C3)n2)CC1(C)C. The largest absolute Gasteiger partial charge is 0.354 e. The van der Waals surface area contributed by atoms with Gasteiger partial charge in [-0.1, -0.05) is 0 Å². The van der Waals surface area contributed by atoms with E-state index in [0.29, 0.717) is 97.5 Å². The molecule has 0 aromatic carbocycles. The zero-order valence-electron chi connectivity index (χ0n) is 97.5. The highest BCUT2D eigenvalue weighted by Gasteiger charge is 2.52. The number of unbranched alkanes of at least 4 members (excludes halogenated alkanes) is 1. The predicted octanol–water partition coefficient (Wildman–Crippen LogP) is 18.4. The zero-order valence-corrected chi connectivity index (χ0v) is 97.5. The van der Waals surface area contributed by atoms with Crippen molar-refractivity contribution in [3.05, 3.63) is 11.6 Å². The van der Waals surface area contributed by atoms with Gasteiger partial charge in [-0.15, -0.1) is 0 Å². The van der Waals surface area contributed by atoms with Gasteiger partial charge in [-0.3, -0.25) is 39.2 Å². The van der Waals surface area contributed by atoms with E-state index < -0.39 is 0 Å². The lowest BCUT2D eigenvalue weighted by molar-refractivity contribution is -0.0303. The van der Waals surface area contributed by atoms with Gasteiger partial charge in [-0.25, -0.2) is 0 Å². The normalized spacial score (nSPS) is 25.1. The molecule has 0 aliphatic carbocycles. The van der Waals surface area contributed by atoms with Crippen molar-refractivity contribution in [2.75, 3.05) is 175 Å². The quantitative estimate of drug-likeness (QED) is 0.0185. The van der Waals surface area contributed by atoms with E-state index in [1.54, 1.807) is 0 Å². The van der Waals surface area contributed by atoms with Crippen LogP contribution in [0.3, 0.4) is 0 Å². The summed E-state index contributed by atoms with van der Waals surface area (Å²) in [7, 11) is 18.2. The number of rotatable bonds is 41. The van der Waals surface area contributed by atoms with E-state index in [2.05, 4.69) is 380 Å². The van der Waals surface area contributed by atoms with E-state index in [-0.39, 0.29) is 125 Å². The molecule has 142 heavy (non-hydrogen) atoms. The number of nitrogens with zero attached hydrogens (tertiary/aromatic N) is 22. The van der Waals surface area contributed by atoms with Crippen LogP contribution in [0.5, 0.6) is 0 Å². The van der Waals surface area contributed by atoms with Crippen LogP contribution in [0.15, 0.2) is 0 Å². The van der Waals surface area contributed by atoms with Gasteiger partial charge in [0.1, 0.15) is 11.6 Å². The van der Waals surface area contributed by atoms with Crippen LogP contribution >= 0.6 is 0 Å². The fourth-order valence-corrected chi connectivity index (χ4v) is 27.7. The minimum Gasteiger partial charge on any atom is -0.354 e. The van der Waals surface area contributed by atoms with Crippen LogP contribution < -0.4 is 53.2 Å². The first-order chi connectivity index (χ1) is 65.3. The van der Waals surface area contributed by atoms with E-state index in [9.17, 15) is 0 Å². The summed E-state index contributed by atoms with van der Waals surface area (Å²) in [5.41, 5.74) is -0.0690. The van der Waals surface area contributed by atoms with Crippen LogP contribution in [0.25, 0.3) is 0 Å². The topological polar surface area (TPSA) is 307 Å². The summed E-state index contributed by atoms with van der Waals surface area (Å²) in [6.07, 6.45) is 23.1. The van der Waals surface area contributed by atoms with Crippen LogP contribution in [-0.4, -0.2) is 356 Å². The van der Waals surface area contributed by atoms with Gasteiger partial charge < -0.3 is 63.0 Å². The third kappa shape index (κ3) is 29.0. The first-order valence-corrected chi connectivity index (χ1v) is 55.3. The first kappa shape index (κ1) is 114. The molecule has 8 aliphatic heterocycles. The van der Waals surface area contributed by atoms with Crippen LogP contribution in [0.4, 0.5) is 59.5 Å². The molecule has 8 fully saturated rings. The average molecular weight is 1980 g/mol. The van der Waals surface area contributed by atoms with Crippen molar-refractivity contribution < 1.29 is 0 Å². The molecule has 12 rings (SSSR count). The van der Waals surface area contributed by atoms with Gasteiger partial charge in [0.2, 0.25) is 59.5 Å². The molecule has 0 unspecified atom stereocenters. The Morgan fingerprint density at radius 1 is 0.190 bits per heavy atom. The van der Waals surface area contributed by atoms with Crippen molar-refractivity contribution in [1.29, 1.82) is 0 Å². The van der Waals surface area contributed by atoms with Crippen LogP contribution in [0, 0.1) is 11.8 Å². The number of aromatic nitrogens is 12. The molecule has 0 radical (unpaired) electrons. The lowest BCUT2D eigenvalue weighted by Crippen LogP contribution is -2.61. The Hall–Kier alpha value is -6.36. The Morgan fingerprint density at radius 2 is 0.324 bits per heavy atom. The van der Waals surface area contributed by atoms with Crippen LogP contribution in [0.2, 0.25) is 0 Å². The molecule has 32 heteroatoms. The molecule has 0 spiro atoms. The summed E-state index contributed by atoms with van der Waals surface area (Å²) in [6.45, 7) is 84.0. The van der Waals surface area contributed by atoms with Crippen LogP contribution in [-0.2, 0) is 12.8 Å². The summed E-state index contributed by atoms with van der Waals surface area (Å²) in [6, 6.07) is 1.11. The maximum atomic E-state index is 5.32. The minimum absolute atomic E-state index is 0.00947. The summed E-state index contributed by atoms with van der Waals surface area (Å²) >= 11 is 0. The Kier molecular flexibility index (Phi) is 34.9. The smallest absolute Gasteiger partial charge is 0.229 e. The molecule has 0 saturated carbocycles. The molecule has 4 aromatic rings. The molecular formula is C110H206N32. The van der Waals surface area contributed by atoms with Crippen molar-refractivity contribution in [1.82, 2.24) is 109 Å². The number of nitrogens with one attached hydrogen (secondary N) is 10. The third-order valence-electron chi connectivity index (χ3n) is 37.1. The van der Waals surface area contributed by atoms with Crippen molar-refractivity contribution in [2.24, 2.45) is 11.8 Å². The lowest BCUT2D eigenvalue weighted by Gasteiger charge is -2.54. The highest BCUT2D eigenvalue weighted by Crippen LogP contribution is 2.48. The molecule has 8 aliphatic rings. The predicted molar refractivity (Wildman–Crippen MR) is 594 cm³/mol. The second kappa shape index (κ2) is 43.3. The molecule has 4 aromatic heterocycles. The molecule has 32 nitrogen and oxygen atoms in total. The molecular weight excluding hydrogens is 1770 g/mol. The molecule has 806 valence electrons. The lowest BCUT2D eigenvalue weighted by atomic mass is 9.73. The van der Waals surface area contributed by atoms with Gasteiger partial charge >= 0.3 is 0 Å². The second-order valence-corrected chi connectivity index (χ2v) is 55.8. The Morgan fingerprint density at radius 3 is 0.500 bits per heavy atom. The van der Waals surface area contributed by atoms with E-state index in [0.717, 1.165) is 205 Å². The Bertz CT molecular complexity index is 3800. The highest BCUT2D eigenvalue weighted by atomic mass is 15.4. The molecule has 12 heterocycles. The summed E-state index contributed by atoms with van der Waals surface area (Å²) in [4.78, 5) is 88.8. The van der Waals surface area contributed by atoms with Gasteiger partial charge in [0.05, 0.1) is 0 Å². The highest BCUT2D eigenvalue weighted by molar-refractivity contribution is 5.46. The van der Waals surface area contributed by atoms with Gasteiger partial charge in [0.25, 0.3) is 0 Å². The Balaban J connectivity index is 0.808. The Labute approximate surface area is 862 Å². The van der Waals surface area contributed by atoms with Gasteiger partial charge in [-0.2, -0.15) is 59.8 Å². The standard InChI is InChI=1S/C110H206N32/c1-95(2)59-75(60-96(3,4)133(95)33)57-83-121-85(125-89(123-83)115-77-63-99(9,10)135(35)100(11,12)64-77)111-47-43-53-141(55-45-49-113-87-127-91(117-79-67-103(17,18)137(37)104(19,20)68-79)131-92(128-87)118-80-69-105(21,22)138(38)106(23,24)70-80)51-41-42-52-142(54-44-48-112-86-122-84(58-76-61-97(5,6)134(34)98(7,8)62-76)124-90(126-86)116-78-65-101(13,14)136(36)102(15,16)66-78)56-46-50-114-88-129-93(119-81-71-107(25,26)139(39)108(27,28)72-81)132-94(130-88)120-82-73-109(29,30)140(40)110(31,32)74-82/h75-82H,41-74H2,1-40H3,(H2,111,115,121,123,125)(H2,112,116,122,124,126)(H3,113,117,118,127,128,131)(H3,114,119,120,129,130,132).